The lowest BCUT2D eigenvalue weighted by Crippen LogP contribution is -2.07. The highest BCUT2D eigenvalue weighted by atomic mass is 16.3. The van der Waals surface area contributed by atoms with Crippen molar-refractivity contribution >= 4 is 0 Å². The monoisotopic (exact) mass is 255 g/mol. The molecule has 0 bridgehead atoms. The standard InChI is InChI=1S/C13H13N5O/c1-10-12(7-19)13(17-9-14-8-15-17)18(16-10)11-5-3-2-4-6-11/h2-6,8-9,19H,7H2,1H3. The lowest BCUT2D eigenvalue weighted by Gasteiger charge is -2.08. The number of para-hydroxylation sites is 1. The summed E-state index contributed by atoms with van der Waals surface area (Å²) in [5.74, 6) is 0.712. The van der Waals surface area contributed by atoms with Gasteiger partial charge in [0.25, 0.3) is 0 Å². The highest BCUT2D eigenvalue weighted by Gasteiger charge is 2.17. The highest BCUT2D eigenvalue weighted by molar-refractivity contribution is 5.44. The van der Waals surface area contributed by atoms with Crippen molar-refractivity contribution in [3.63, 3.8) is 0 Å². The van der Waals surface area contributed by atoms with Gasteiger partial charge in [-0.1, -0.05) is 18.2 Å². The molecule has 0 amide bonds. The van der Waals surface area contributed by atoms with Crippen LogP contribution in [0.5, 0.6) is 0 Å². The van der Waals surface area contributed by atoms with Crippen LogP contribution in [-0.2, 0) is 6.61 Å². The zero-order chi connectivity index (χ0) is 13.2. The number of aryl methyl sites for hydroxylation is 1. The fourth-order valence-electron chi connectivity index (χ4n) is 2.03. The van der Waals surface area contributed by atoms with Gasteiger partial charge in [-0.05, 0) is 19.1 Å². The van der Waals surface area contributed by atoms with Crippen LogP contribution in [0.25, 0.3) is 11.5 Å². The topological polar surface area (TPSA) is 68.8 Å². The van der Waals surface area contributed by atoms with Gasteiger partial charge >= 0.3 is 0 Å². The van der Waals surface area contributed by atoms with Crippen LogP contribution in [0, 0.1) is 6.92 Å². The highest BCUT2D eigenvalue weighted by Crippen LogP contribution is 2.21. The van der Waals surface area contributed by atoms with Crippen molar-refractivity contribution in [3.8, 4) is 11.5 Å². The number of aliphatic hydroxyl groups excluding tert-OH is 1. The van der Waals surface area contributed by atoms with Crippen molar-refractivity contribution in [3.05, 3.63) is 54.2 Å². The van der Waals surface area contributed by atoms with Gasteiger partial charge in [0, 0.05) is 5.56 Å². The Kier molecular flexibility index (Phi) is 2.85. The van der Waals surface area contributed by atoms with E-state index in [1.807, 2.05) is 37.3 Å². The third-order valence-electron chi connectivity index (χ3n) is 2.95. The predicted octanol–water partition coefficient (Wildman–Crippen LogP) is 1.25. The molecular formula is C13H13N5O. The van der Waals surface area contributed by atoms with Crippen LogP contribution in [-0.4, -0.2) is 29.7 Å². The fraction of sp³-hybridized carbons (Fsp3) is 0.154. The largest absolute Gasteiger partial charge is 0.391 e. The molecule has 6 nitrogen and oxygen atoms in total. The smallest absolute Gasteiger partial charge is 0.164 e. The Morgan fingerprint density at radius 3 is 2.63 bits per heavy atom. The van der Waals surface area contributed by atoms with E-state index in [-0.39, 0.29) is 6.61 Å². The lowest BCUT2D eigenvalue weighted by molar-refractivity contribution is 0.280. The van der Waals surface area contributed by atoms with E-state index < -0.39 is 0 Å². The average Bonchev–Trinajstić information content (AvgIpc) is 3.06. The van der Waals surface area contributed by atoms with E-state index in [1.54, 1.807) is 15.7 Å². The van der Waals surface area contributed by atoms with E-state index in [2.05, 4.69) is 15.2 Å². The van der Waals surface area contributed by atoms with E-state index in [1.165, 1.54) is 6.33 Å². The van der Waals surface area contributed by atoms with Crippen LogP contribution in [0.3, 0.4) is 0 Å². The van der Waals surface area contributed by atoms with Gasteiger partial charge in [0.1, 0.15) is 12.7 Å². The van der Waals surface area contributed by atoms with Crippen molar-refractivity contribution < 1.29 is 5.11 Å². The Balaban J connectivity index is 2.26. The maximum atomic E-state index is 9.54. The molecule has 3 rings (SSSR count). The van der Waals surface area contributed by atoms with Crippen LogP contribution < -0.4 is 0 Å². The molecule has 0 saturated carbocycles. The Bertz CT molecular complexity index is 673. The summed E-state index contributed by atoms with van der Waals surface area (Å²) in [5, 5.41) is 18.1. The molecule has 19 heavy (non-hydrogen) atoms. The SMILES string of the molecule is Cc1nn(-c2ccccc2)c(-n2cncn2)c1CO. The minimum absolute atomic E-state index is 0.0894. The molecule has 0 fully saturated rings. The van der Waals surface area contributed by atoms with Gasteiger partial charge in [0.2, 0.25) is 0 Å². The van der Waals surface area contributed by atoms with E-state index in [0.717, 1.165) is 16.9 Å². The number of benzene rings is 1. The molecule has 2 heterocycles. The van der Waals surface area contributed by atoms with E-state index in [9.17, 15) is 5.11 Å². The summed E-state index contributed by atoms with van der Waals surface area (Å²) in [4.78, 5) is 3.95. The normalized spacial score (nSPS) is 10.8. The quantitative estimate of drug-likeness (QED) is 0.764. The molecule has 0 spiro atoms. The number of rotatable bonds is 3. The molecule has 0 aliphatic carbocycles. The van der Waals surface area contributed by atoms with Crippen LogP contribution in [0.2, 0.25) is 0 Å². The van der Waals surface area contributed by atoms with Gasteiger partial charge in [-0.2, -0.15) is 10.2 Å². The Hall–Kier alpha value is -2.47. The summed E-state index contributed by atoms with van der Waals surface area (Å²) in [7, 11) is 0. The van der Waals surface area contributed by atoms with Crippen LogP contribution in [0.4, 0.5) is 0 Å². The molecule has 96 valence electrons. The number of aliphatic hydroxyl groups is 1. The van der Waals surface area contributed by atoms with E-state index in [0.29, 0.717) is 5.82 Å². The van der Waals surface area contributed by atoms with Crippen molar-refractivity contribution in [2.75, 3.05) is 0 Å². The van der Waals surface area contributed by atoms with Gasteiger partial charge in [-0.25, -0.2) is 14.3 Å². The summed E-state index contributed by atoms with van der Waals surface area (Å²) < 4.78 is 3.37. The zero-order valence-electron chi connectivity index (χ0n) is 10.4. The molecule has 6 heteroatoms. The van der Waals surface area contributed by atoms with Gasteiger partial charge in [-0.3, -0.25) is 0 Å². The molecule has 0 saturated heterocycles. The maximum absolute atomic E-state index is 9.54. The summed E-state index contributed by atoms with van der Waals surface area (Å²) in [6, 6.07) is 9.73. The maximum Gasteiger partial charge on any atom is 0.164 e. The summed E-state index contributed by atoms with van der Waals surface area (Å²) in [5.41, 5.74) is 2.43. The summed E-state index contributed by atoms with van der Waals surface area (Å²) in [6.45, 7) is 1.78. The molecule has 0 unspecified atom stereocenters. The van der Waals surface area contributed by atoms with Crippen LogP contribution >= 0.6 is 0 Å². The van der Waals surface area contributed by atoms with Crippen molar-refractivity contribution in [1.29, 1.82) is 0 Å². The number of hydrogen-bond donors (Lipinski definition) is 1. The molecular weight excluding hydrogens is 242 g/mol. The molecule has 0 radical (unpaired) electrons. The predicted molar refractivity (Wildman–Crippen MR) is 69.1 cm³/mol. The van der Waals surface area contributed by atoms with Gasteiger partial charge in [0.05, 0.1) is 18.0 Å². The second kappa shape index (κ2) is 4.66. The first-order valence-corrected chi connectivity index (χ1v) is 5.91. The Morgan fingerprint density at radius 1 is 1.21 bits per heavy atom. The molecule has 1 N–H and O–H groups in total. The zero-order valence-corrected chi connectivity index (χ0v) is 10.4. The molecule has 2 aromatic heterocycles. The van der Waals surface area contributed by atoms with Gasteiger partial charge < -0.3 is 5.11 Å². The third-order valence-corrected chi connectivity index (χ3v) is 2.95. The second-order valence-corrected chi connectivity index (χ2v) is 4.13. The van der Waals surface area contributed by atoms with Crippen LogP contribution in [0.1, 0.15) is 11.3 Å². The molecule has 3 aromatic rings. The van der Waals surface area contributed by atoms with E-state index in [4.69, 9.17) is 0 Å². The van der Waals surface area contributed by atoms with Crippen molar-refractivity contribution in [2.45, 2.75) is 13.5 Å². The number of nitrogens with zero attached hydrogens (tertiary/aromatic N) is 5. The molecule has 1 aromatic carbocycles. The Morgan fingerprint density at radius 2 is 2.00 bits per heavy atom. The molecule has 0 atom stereocenters. The van der Waals surface area contributed by atoms with Crippen molar-refractivity contribution in [2.24, 2.45) is 0 Å². The first-order valence-electron chi connectivity index (χ1n) is 5.91. The van der Waals surface area contributed by atoms with E-state index >= 15 is 0 Å². The average molecular weight is 255 g/mol. The third kappa shape index (κ3) is 1.92. The number of hydrogen-bond acceptors (Lipinski definition) is 4. The van der Waals surface area contributed by atoms with Crippen molar-refractivity contribution in [1.82, 2.24) is 24.5 Å². The number of aromatic nitrogens is 5. The lowest BCUT2D eigenvalue weighted by atomic mass is 10.2. The van der Waals surface area contributed by atoms with Gasteiger partial charge in [0.15, 0.2) is 5.82 Å². The minimum atomic E-state index is -0.0894. The molecule has 0 aliphatic rings. The fourth-order valence-corrected chi connectivity index (χ4v) is 2.03. The second-order valence-electron chi connectivity index (χ2n) is 4.13. The van der Waals surface area contributed by atoms with Gasteiger partial charge in [-0.15, -0.1) is 0 Å². The minimum Gasteiger partial charge on any atom is -0.391 e. The summed E-state index contributed by atoms with van der Waals surface area (Å²) >= 11 is 0. The summed E-state index contributed by atoms with van der Waals surface area (Å²) in [6.07, 6.45) is 3.05. The Labute approximate surface area is 110 Å². The first-order chi connectivity index (χ1) is 9.31. The first kappa shape index (κ1) is 11.6. The molecule has 0 aliphatic heterocycles. The van der Waals surface area contributed by atoms with Crippen LogP contribution in [0.15, 0.2) is 43.0 Å².